The Balaban J connectivity index is 0.00000128. The van der Waals surface area contributed by atoms with E-state index >= 15 is 0 Å². The summed E-state index contributed by atoms with van der Waals surface area (Å²) in [7, 11) is 1.94. The third-order valence-corrected chi connectivity index (χ3v) is 3.38. The number of aromatic amines is 1. The lowest BCUT2D eigenvalue weighted by Crippen LogP contribution is -2.33. The van der Waals surface area contributed by atoms with E-state index in [-0.39, 0.29) is 18.3 Å². The normalized spacial score (nSPS) is 19.6. The van der Waals surface area contributed by atoms with E-state index in [0.717, 1.165) is 23.1 Å². The molecule has 1 unspecified atom stereocenters. The molecular weight excluding hydrogens is 340 g/mol. The molecule has 2 rings (SSSR count). The minimum Gasteiger partial charge on any atom is -0.356 e. The Kier molecular flexibility index (Phi) is 5.07. The number of nitrogens with one attached hydrogen (secondary N) is 2. The van der Waals surface area contributed by atoms with Gasteiger partial charge in [0, 0.05) is 28.9 Å². The number of rotatable bonds is 2. The predicted octanol–water partition coefficient (Wildman–Crippen LogP) is 1.47. The Morgan fingerprint density at radius 3 is 2.94 bits per heavy atom. The summed E-state index contributed by atoms with van der Waals surface area (Å²) in [5, 5.41) is 3.20. The maximum Gasteiger partial charge on any atom is 0.270 e. The molecule has 1 aromatic rings. The standard InChI is InChI=1S/C10H14IN3O.ClH/c1-12-8-2-3-14(6-8)10(15)9-4-7(11)5-13-9;/h4-5,8,12-13H,2-3,6H2,1H3;1H. The maximum absolute atomic E-state index is 12.0. The zero-order valence-electron chi connectivity index (χ0n) is 9.00. The first-order valence-electron chi connectivity index (χ1n) is 5.01. The summed E-state index contributed by atoms with van der Waals surface area (Å²) in [5.41, 5.74) is 0.691. The summed E-state index contributed by atoms with van der Waals surface area (Å²) < 4.78 is 1.07. The Morgan fingerprint density at radius 2 is 2.44 bits per heavy atom. The van der Waals surface area contributed by atoms with Gasteiger partial charge in [0.05, 0.1) is 0 Å². The average molecular weight is 356 g/mol. The second kappa shape index (κ2) is 5.88. The molecule has 1 fully saturated rings. The molecule has 1 aromatic heterocycles. The van der Waals surface area contributed by atoms with Crippen LogP contribution < -0.4 is 5.32 Å². The highest BCUT2D eigenvalue weighted by Crippen LogP contribution is 2.14. The van der Waals surface area contributed by atoms with Crippen molar-refractivity contribution in [2.45, 2.75) is 12.5 Å². The van der Waals surface area contributed by atoms with Gasteiger partial charge in [0.2, 0.25) is 0 Å². The van der Waals surface area contributed by atoms with Gasteiger partial charge in [0.1, 0.15) is 5.69 Å². The zero-order valence-corrected chi connectivity index (χ0v) is 12.0. The average Bonchev–Trinajstić information content (AvgIpc) is 2.84. The molecule has 1 amide bonds. The lowest BCUT2D eigenvalue weighted by molar-refractivity contribution is 0.0784. The van der Waals surface area contributed by atoms with Crippen LogP contribution in [0.15, 0.2) is 12.3 Å². The number of carbonyl (C=O) groups is 1. The first kappa shape index (κ1) is 13.8. The number of aromatic nitrogens is 1. The third-order valence-electron chi connectivity index (χ3n) is 2.76. The van der Waals surface area contributed by atoms with Crippen molar-refractivity contribution in [3.63, 3.8) is 0 Å². The van der Waals surface area contributed by atoms with Gasteiger partial charge in [0.15, 0.2) is 0 Å². The number of likely N-dealkylation sites (N-methyl/N-ethyl adjacent to an activating group) is 1. The van der Waals surface area contributed by atoms with E-state index < -0.39 is 0 Å². The summed E-state index contributed by atoms with van der Waals surface area (Å²) >= 11 is 2.19. The van der Waals surface area contributed by atoms with E-state index in [1.54, 1.807) is 0 Å². The summed E-state index contributed by atoms with van der Waals surface area (Å²) in [6.45, 7) is 1.66. The number of carbonyl (C=O) groups excluding carboxylic acids is 1. The highest BCUT2D eigenvalue weighted by molar-refractivity contribution is 14.1. The summed E-state index contributed by atoms with van der Waals surface area (Å²) in [5.74, 6) is 0.107. The fraction of sp³-hybridized carbons (Fsp3) is 0.500. The SMILES string of the molecule is CNC1CCN(C(=O)c2cc(I)c[nH]2)C1.Cl. The lowest BCUT2D eigenvalue weighted by atomic mass is 10.3. The van der Waals surface area contributed by atoms with E-state index in [1.807, 2.05) is 24.2 Å². The molecule has 1 atom stereocenters. The Bertz CT molecular complexity index is 369. The molecule has 0 spiro atoms. The molecule has 4 nitrogen and oxygen atoms in total. The van der Waals surface area contributed by atoms with Crippen LogP contribution in [0.5, 0.6) is 0 Å². The molecule has 0 bridgehead atoms. The first-order chi connectivity index (χ1) is 7.20. The van der Waals surface area contributed by atoms with Gasteiger partial charge in [-0.3, -0.25) is 4.79 Å². The van der Waals surface area contributed by atoms with Crippen LogP contribution in [0.4, 0.5) is 0 Å². The van der Waals surface area contributed by atoms with E-state index in [2.05, 4.69) is 32.9 Å². The van der Waals surface area contributed by atoms with Gasteiger partial charge < -0.3 is 15.2 Å². The number of nitrogens with zero attached hydrogens (tertiary/aromatic N) is 1. The fourth-order valence-corrected chi connectivity index (χ4v) is 2.31. The Labute approximate surface area is 115 Å². The number of amides is 1. The van der Waals surface area contributed by atoms with Crippen LogP contribution in [-0.2, 0) is 0 Å². The topological polar surface area (TPSA) is 48.1 Å². The van der Waals surface area contributed by atoms with Gasteiger partial charge in [-0.05, 0) is 42.1 Å². The third kappa shape index (κ3) is 2.89. The van der Waals surface area contributed by atoms with Crippen molar-refractivity contribution >= 4 is 40.9 Å². The first-order valence-corrected chi connectivity index (χ1v) is 6.09. The highest BCUT2D eigenvalue weighted by Gasteiger charge is 2.26. The van der Waals surface area contributed by atoms with Crippen molar-refractivity contribution in [2.75, 3.05) is 20.1 Å². The van der Waals surface area contributed by atoms with Crippen LogP contribution in [0.3, 0.4) is 0 Å². The van der Waals surface area contributed by atoms with Crippen molar-refractivity contribution in [1.29, 1.82) is 0 Å². The second-order valence-corrected chi connectivity index (χ2v) is 5.00. The fourth-order valence-electron chi connectivity index (χ4n) is 1.84. The molecule has 90 valence electrons. The van der Waals surface area contributed by atoms with Crippen LogP contribution in [0.25, 0.3) is 0 Å². The summed E-state index contributed by atoms with van der Waals surface area (Å²) in [6.07, 6.45) is 2.89. The van der Waals surface area contributed by atoms with E-state index in [9.17, 15) is 4.79 Å². The molecule has 0 radical (unpaired) electrons. The number of hydrogen-bond donors (Lipinski definition) is 2. The van der Waals surface area contributed by atoms with Crippen molar-refractivity contribution in [3.8, 4) is 0 Å². The van der Waals surface area contributed by atoms with Gasteiger partial charge in [-0.2, -0.15) is 0 Å². The van der Waals surface area contributed by atoms with E-state index in [1.165, 1.54) is 0 Å². The van der Waals surface area contributed by atoms with Crippen LogP contribution in [0, 0.1) is 3.57 Å². The molecule has 0 saturated carbocycles. The quantitative estimate of drug-likeness (QED) is 0.790. The van der Waals surface area contributed by atoms with Crippen LogP contribution in [-0.4, -0.2) is 42.0 Å². The molecule has 2 heterocycles. The molecule has 0 aromatic carbocycles. The molecule has 2 N–H and O–H groups in total. The van der Waals surface area contributed by atoms with Crippen LogP contribution >= 0.6 is 35.0 Å². The van der Waals surface area contributed by atoms with Gasteiger partial charge in [0.25, 0.3) is 5.91 Å². The summed E-state index contributed by atoms with van der Waals surface area (Å²) in [6, 6.07) is 2.33. The minimum absolute atomic E-state index is 0. The minimum atomic E-state index is 0. The lowest BCUT2D eigenvalue weighted by Gasteiger charge is -2.15. The van der Waals surface area contributed by atoms with Gasteiger partial charge in [-0.25, -0.2) is 0 Å². The van der Waals surface area contributed by atoms with Crippen molar-refractivity contribution < 1.29 is 4.79 Å². The molecule has 1 saturated heterocycles. The largest absolute Gasteiger partial charge is 0.356 e. The highest BCUT2D eigenvalue weighted by atomic mass is 127. The smallest absolute Gasteiger partial charge is 0.270 e. The van der Waals surface area contributed by atoms with Crippen LogP contribution in [0.1, 0.15) is 16.9 Å². The number of H-pyrrole nitrogens is 1. The zero-order chi connectivity index (χ0) is 10.8. The molecule has 6 heteroatoms. The molecule has 1 aliphatic heterocycles. The van der Waals surface area contributed by atoms with Crippen LogP contribution in [0.2, 0.25) is 0 Å². The number of halogens is 2. The molecule has 16 heavy (non-hydrogen) atoms. The monoisotopic (exact) mass is 355 g/mol. The molecule has 1 aliphatic rings. The van der Waals surface area contributed by atoms with E-state index in [4.69, 9.17) is 0 Å². The number of hydrogen-bond acceptors (Lipinski definition) is 2. The molecule has 0 aliphatic carbocycles. The van der Waals surface area contributed by atoms with Crippen molar-refractivity contribution in [2.24, 2.45) is 0 Å². The second-order valence-electron chi connectivity index (χ2n) is 3.76. The Morgan fingerprint density at radius 1 is 1.69 bits per heavy atom. The van der Waals surface area contributed by atoms with Crippen molar-refractivity contribution in [1.82, 2.24) is 15.2 Å². The van der Waals surface area contributed by atoms with E-state index in [0.29, 0.717) is 11.7 Å². The number of likely N-dealkylation sites (tertiary alicyclic amines) is 1. The van der Waals surface area contributed by atoms with Gasteiger partial charge in [-0.1, -0.05) is 0 Å². The van der Waals surface area contributed by atoms with Crippen molar-refractivity contribution in [3.05, 3.63) is 21.5 Å². The van der Waals surface area contributed by atoms with Gasteiger partial charge in [-0.15, -0.1) is 12.4 Å². The van der Waals surface area contributed by atoms with Gasteiger partial charge >= 0.3 is 0 Å². The predicted molar refractivity (Wildman–Crippen MR) is 74.1 cm³/mol. The maximum atomic E-state index is 12.0. The Hall–Kier alpha value is -0.270. The molecular formula is C10H15ClIN3O. The summed E-state index contributed by atoms with van der Waals surface area (Å²) in [4.78, 5) is 16.9.